The van der Waals surface area contributed by atoms with Crippen molar-refractivity contribution >= 4 is 17.5 Å². The molecule has 2 aromatic rings. The number of benzene rings is 2. The molecule has 1 amide bonds. The van der Waals surface area contributed by atoms with E-state index in [0.29, 0.717) is 40.9 Å². The Kier molecular flexibility index (Phi) is 7.27. The van der Waals surface area contributed by atoms with E-state index in [0.717, 1.165) is 6.42 Å². The van der Waals surface area contributed by atoms with Gasteiger partial charge in [0.05, 0.1) is 18.2 Å². The molecule has 0 atom stereocenters. The zero-order chi connectivity index (χ0) is 19.1. The van der Waals surface area contributed by atoms with Gasteiger partial charge >= 0.3 is 0 Å². The second-order valence-corrected chi connectivity index (χ2v) is 6.23. The van der Waals surface area contributed by atoms with Crippen molar-refractivity contribution < 1.29 is 18.7 Å². The number of halogens is 2. The van der Waals surface area contributed by atoms with E-state index in [9.17, 15) is 9.18 Å². The Hall–Kier alpha value is -2.27. The first-order valence-electron chi connectivity index (χ1n) is 8.55. The monoisotopic (exact) mass is 379 g/mol. The van der Waals surface area contributed by atoms with Crippen molar-refractivity contribution in [1.29, 1.82) is 0 Å². The molecule has 6 heteroatoms. The summed E-state index contributed by atoms with van der Waals surface area (Å²) in [5.41, 5.74) is 0.809. The average Bonchev–Trinajstić information content (AvgIpc) is 2.62. The first-order chi connectivity index (χ1) is 12.5. The molecule has 0 saturated carbocycles. The van der Waals surface area contributed by atoms with Gasteiger partial charge in [-0.2, -0.15) is 0 Å². The normalized spacial score (nSPS) is 10.5. The van der Waals surface area contributed by atoms with E-state index in [1.165, 1.54) is 11.0 Å². The number of hydrogen-bond donors (Lipinski definition) is 0. The molecule has 0 bridgehead atoms. The summed E-state index contributed by atoms with van der Waals surface area (Å²) < 4.78 is 25.0. The van der Waals surface area contributed by atoms with Crippen LogP contribution < -0.4 is 9.47 Å². The van der Waals surface area contributed by atoms with Gasteiger partial charge in [-0.05, 0) is 31.5 Å². The van der Waals surface area contributed by atoms with Crippen molar-refractivity contribution in [3.8, 4) is 11.5 Å². The minimum Gasteiger partial charge on any atom is -0.490 e. The minimum atomic E-state index is -0.344. The van der Waals surface area contributed by atoms with Crippen LogP contribution in [0.15, 0.2) is 36.4 Å². The third kappa shape index (κ3) is 4.88. The second kappa shape index (κ2) is 9.43. The molecule has 2 rings (SSSR count). The molecule has 0 N–H and O–H groups in total. The smallest absolute Gasteiger partial charge is 0.254 e. The highest BCUT2D eigenvalue weighted by atomic mass is 35.5. The summed E-state index contributed by atoms with van der Waals surface area (Å²) in [6.45, 7) is 4.91. The predicted molar refractivity (Wildman–Crippen MR) is 101 cm³/mol. The van der Waals surface area contributed by atoms with Crippen LogP contribution in [0.1, 0.15) is 36.2 Å². The summed E-state index contributed by atoms with van der Waals surface area (Å²) in [6, 6.07) is 9.54. The van der Waals surface area contributed by atoms with Gasteiger partial charge in [0.2, 0.25) is 0 Å². The van der Waals surface area contributed by atoms with Gasteiger partial charge in [0.25, 0.3) is 5.91 Å². The van der Waals surface area contributed by atoms with Crippen LogP contribution in [0.4, 0.5) is 4.39 Å². The zero-order valence-corrected chi connectivity index (χ0v) is 16.0. The summed E-state index contributed by atoms with van der Waals surface area (Å²) in [5.74, 6) is 0.237. The van der Waals surface area contributed by atoms with E-state index < -0.39 is 0 Å². The molecule has 0 radical (unpaired) electrons. The molecular weight excluding hydrogens is 357 g/mol. The number of hydrogen-bond acceptors (Lipinski definition) is 3. The van der Waals surface area contributed by atoms with E-state index in [1.807, 2.05) is 13.8 Å². The maximum atomic E-state index is 13.8. The largest absolute Gasteiger partial charge is 0.490 e. The maximum Gasteiger partial charge on any atom is 0.254 e. The van der Waals surface area contributed by atoms with Gasteiger partial charge in [-0.1, -0.05) is 36.7 Å². The summed E-state index contributed by atoms with van der Waals surface area (Å²) in [6.07, 6.45) is 0.827. The van der Waals surface area contributed by atoms with Gasteiger partial charge in [-0.25, -0.2) is 4.39 Å². The van der Waals surface area contributed by atoms with Crippen molar-refractivity contribution in [3.05, 3.63) is 58.4 Å². The highest BCUT2D eigenvalue weighted by Crippen LogP contribution is 2.37. The van der Waals surface area contributed by atoms with Crippen LogP contribution in [-0.4, -0.2) is 31.1 Å². The lowest BCUT2D eigenvalue weighted by atomic mass is 10.1. The lowest BCUT2D eigenvalue weighted by Gasteiger charge is -2.20. The van der Waals surface area contributed by atoms with Gasteiger partial charge in [-0.3, -0.25) is 4.79 Å². The van der Waals surface area contributed by atoms with E-state index in [2.05, 4.69) is 0 Å². The fourth-order valence-corrected chi connectivity index (χ4v) is 2.74. The molecule has 0 aliphatic rings. The molecule has 0 aliphatic heterocycles. The zero-order valence-electron chi connectivity index (χ0n) is 15.2. The Morgan fingerprint density at radius 3 is 2.58 bits per heavy atom. The molecule has 0 aliphatic carbocycles. The molecule has 0 heterocycles. The van der Waals surface area contributed by atoms with Crippen LogP contribution in [0.25, 0.3) is 0 Å². The van der Waals surface area contributed by atoms with Crippen molar-refractivity contribution in [3.63, 3.8) is 0 Å². The maximum absolute atomic E-state index is 13.8. The van der Waals surface area contributed by atoms with E-state index in [4.69, 9.17) is 21.1 Å². The average molecular weight is 380 g/mol. The quantitative estimate of drug-likeness (QED) is 0.652. The standard InChI is InChI=1S/C20H23ClFNO3/c1-4-10-26-19-16(21)11-15(12-18(19)25-5-2)20(24)23(3)13-14-8-6-7-9-17(14)22/h6-9,11-12H,4-5,10,13H2,1-3H3. The van der Waals surface area contributed by atoms with Crippen molar-refractivity contribution in [2.75, 3.05) is 20.3 Å². The van der Waals surface area contributed by atoms with Crippen molar-refractivity contribution in [2.45, 2.75) is 26.8 Å². The number of carbonyl (C=O) groups is 1. The summed E-state index contributed by atoms with van der Waals surface area (Å²) >= 11 is 6.30. The van der Waals surface area contributed by atoms with Gasteiger partial charge in [0.15, 0.2) is 11.5 Å². The molecule has 140 valence electrons. The number of nitrogens with zero attached hydrogens (tertiary/aromatic N) is 1. The Morgan fingerprint density at radius 1 is 1.19 bits per heavy atom. The Labute approximate surface area is 158 Å². The SMILES string of the molecule is CCCOc1c(Cl)cc(C(=O)N(C)Cc2ccccc2F)cc1OCC. The molecule has 0 aromatic heterocycles. The van der Waals surface area contributed by atoms with E-state index in [1.54, 1.807) is 37.4 Å². The van der Waals surface area contributed by atoms with Crippen LogP contribution >= 0.6 is 11.6 Å². The fraction of sp³-hybridized carbons (Fsp3) is 0.350. The summed E-state index contributed by atoms with van der Waals surface area (Å²) in [4.78, 5) is 14.2. The molecule has 26 heavy (non-hydrogen) atoms. The highest BCUT2D eigenvalue weighted by molar-refractivity contribution is 6.32. The van der Waals surface area contributed by atoms with E-state index in [-0.39, 0.29) is 18.3 Å². The predicted octanol–water partition coefficient (Wildman–Crippen LogP) is 4.94. The fourth-order valence-electron chi connectivity index (χ4n) is 2.47. The van der Waals surface area contributed by atoms with Gasteiger partial charge in [0.1, 0.15) is 5.82 Å². The molecule has 0 saturated heterocycles. The lowest BCUT2D eigenvalue weighted by Crippen LogP contribution is -2.26. The Bertz CT molecular complexity index is 767. The Morgan fingerprint density at radius 2 is 1.92 bits per heavy atom. The topological polar surface area (TPSA) is 38.8 Å². The number of carbonyl (C=O) groups excluding carboxylic acids is 1. The molecule has 4 nitrogen and oxygen atoms in total. The first kappa shape index (κ1) is 20.0. The number of rotatable bonds is 8. The highest BCUT2D eigenvalue weighted by Gasteiger charge is 2.19. The second-order valence-electron chi connectivity index (χ2n) is 5.82. The summed E-state index contributed by atoms with van der Waals surface area (Å²) in [5, 5.41) is 0.312. The van der Waals surface area contributed by atoms with Crippen LogP contribution in [0.5, 0.6) is 11.5 Å². The number of ether oxygens (including phenoxy) is 2. The van der Waals surface area contributed by atoms with Gasteiger partial charge in [-0.15, -0.1) is 0 Å². The van der Waals surface area contributed by atoms with E-state index >= 15 is 0 Å². The first-order valence-corrected chi connectivity index (χ1v) is 8.93. The van der Waals surface area contributed by atoms with Crippen LogP contribution in [0.2, 0.25) is 5.02 Å². The van der Waals surface area contributed by atoms with Crippen LogP contribution in [-0.2, 0) is 6.54 Å². The minimum absolute atomic E-state index is 0.154. The summed E-state index contributed by atoms with van der Waals surface area (Å²) in [7, 11) is 1.62. The van der Waals surface area contributed by atoms with Gasteiger partial charge in [0, 0.05) is 24.7 Å². The third-order valence-corrected chi connectivity index (χ3v) is 4.00. The third-order valence-electron chi connectivity index (χ3n) is 3.72. The number of amides is 1. The van der Waals surface area contributed by atoms with Gasteiger partial charge < -0.3 is 14.4 Å². The van der Waals surface area contributed by atoms with Crippen LogP contribution in [0.3, 0.4) is 0 Å². The molecular formula is C20H23ClFNO3. The molecule has 2 aromatic carbocycles. The van der Waals surface area contributed by atoms with Crippen molar-refractivity contribution in [2.24, 2.45) is 0 Å². The molecule has 0 unspecified atom stereocenters. The Balaban J connectivity index is 2.26. The van der Waals surface area contributed by atoms with Crippen molar-refractivity contribution in [1.82, 2.24) is 4.90 Å². The lowest BCUT2D eigenvalue weighted by molar-refractivity contribution is 0.0783. The molecule has 0 fully saturated rings. The molecule has 0 spiro atoms. The van der Waals surface area contributed by atoms with Crippen LogP contribution in [0, 0.1) is 5.82 Å².